The van der Waals surface area contributed by atoms with E-state index in [0.717, 1.165) is 18.4 Å². The summed E-state index contributed by atoms with van der Waals surface area (Å²) in [6, 6.07) is 7.17. The zero-order chi connectivity index (χ0) is 14.1. The fourth-order valence-corrected chi connectivity index (χ4v) is 1.66. The number of benzene rings is 1. The van der Waals surface area contributed by atoms with Crippen LogP contribution in [0.15, 0.2) is 18.2 Å². The van der Waals surface area contributed by atoms with Crippen molar-refractivity contribution in [2.24, 2.45) is 0 Å². The molecule has 2 amide bonds. The lowest BCUT2D eigenvalue weighted by Crippen LogP contribution is -2.30. The predicted octanol–water partition coefficient (Wildman–Crippen LogP) is 2.41. The van der Waals surface area contributed by atoms with E-state index in [4.69, 9.17) is 10.00 Å². The molecule has 19 heavy (non-hydrogen) atoms. The number of carbonyl (C=O) groups excluding carboxylic acids is 1. The van der Waals surface area contributed by atoms with E-state index in [9.17, 15) is 4.79 Å². The van der Waals surface area contributed by atoms with Gasteiger partial charge in [-0.15, -0.1) is 0 Å². The lowest BCUT2D eigenvalue weighted by molar-refractivity contribution is 0.192. The number of ether oxygens (including phenoxy) is 1. The number of urea groups is 1. The van der Waals surface area contributed by atoms with Crippen LogP contribution in [0.4, 0.5) is 10.5 Å². The summed E-state index contributed by atoms with van der Waals surface area (Å²) >= 11 is 0. The molecule has 0 bridgehead atoms. The lowest BCUT2D eigenvalue weighted by atomic mass is 10.1. The number of nitriles is 1. The maximum atomic E-state index is 11.7. The second-order valence-corrected chi connectivity index (χ2v) is 4.19. The number of carbonyl (C=O) groups is 1. The van der Waals surface area contributed by atoms with Crippen molar-refractivity contribution in [2.45, 2.75) is 19.8 Å². The number of unbranched alkanes of at least 4 members (excludes halogenated alkanes) is 1. The van der Waals surface area contributed by atoms with Gasteiger partial charge in [0.05, 0.1) is 11.3 Å². The van der Waals surface area contributed by atoms with Gasteiger partial charge in [0.2, 0.25) is 0 Å². The molecule has 1 aromatic carbocycles. The number of hydrogen-bond donors (Lipinski definition) is 2. The molecule has 0 saturated heterocycles. The molecular weight excluding hydrogens is 242 g/mol. The van der Waals surface area contributed by atoms with E-state index in [1.807, 2.05) is 19.1 Å². The van der Waals surface area contributed by atoms with Crippen molar-refractivity contribution in [1.82, 2.24) is 5.32 Å². The number of aryl methyl sites for hydroxylation is 1. The van der Waals surface area contributed by atoms with Gasteiger partial charge in [-0.2, -0.15) is 5.26 Å². The minimum Gasteiger partial charge on any atom is -0.385 e. The Morgan fingerprint density at radius 2 is 2.21 bits per heavy atom. The molecule has 0 saturated carbocycles. The quantitative estimate of drug-likeness (QED) is 0.772. The van der Waals surface area contributed by atoms with Gasteiger partial charge < -0.3 is 15.4 Å². The van der Waals surface area contributed by atoms with Crippen molar-refractivity contribution < 1.29 is 9.53 Å². The van der Waals surface area contributed by atoms with E-state index in [2.05, 4.69) is 16.7 Å². The average molecular weight is 261 g/mol. The topological polar surface area (TPSA) is 74.2 Å². The van der Waals surface area contributed by atoms with Gasteiger partial charge in [-0.3, -0.25) is 0 Å². The highest BCUT2D eigenvalue weighted by Crippen LogP contribution is 2.17. The maximum Gasteiger partial charge on any atom is 0.319 e. The first kappa shape index (κ1) is 15.0. The van der Waals surface area contributed by atoms with E-state index < -0.39 is 0 Å². The van der Waals surface area contributed by atoms with Gasteiger partial charge in [0.25, 0.3) is 0 Å². The summed E-state index contributed by atoms with van der Waals surface area (Å²) in [6.07, 6.45) is 1.77. The zero-order valence-corrected chi connectivity index (χ0v) is 11.3. The SMILES string of the molecule is COCCCCNC(=O)Nc1cccc(C)c1C#N. The first-order valence-electron chi connectivity index (χ1n) is 6.22. The van der Waals surface area contributed by atoms with Crippen LogP contribution in [0.3, 0.4) is 0 Å². The Bertz CT molecular complexity index is 466. The van der Waals surface area contributed by atoms with Crippen LogP contribution in [0.1, 0.15) is 24.0 Å². The first-order valence-corrected chi connectivity index (χ1v) is 6.22. The molecule has 0 heterocycles. The molecule has 0 fully saturated rings. The summed E-state index contributed by atoms with van der Waals surface area (Å²) < 4.78 is 4.92. The Hall–Kier alpha value is -2.06. The molecule has 0 aromatic heterocycles. The highest BCUT2D eigenvalue weighted by Gasteiger charge is 2.07. The number of nitrogens with zero attached hydrogens (tertiary/aromatic N) is 1. The van der Waals surface area contributed by atoms with E-state index in [1.54, 1.807) is 13.2 Å². The van der Waals surface area contributed by atoms with Gasteiger partial charge in [-0.25, -0.2) is 4.79 Å². The average Bonchev–Trinajstić information content (AvgIpc) is 2.39. The van der Waals surface area contributed by atoms with E-state index in [1.165, 1.54) is 0 Å². The van der Waals surface area contributed by atoms with Gasteiger partial charge in [0.15, 0.2) is 0 Å². The second kappa shape index (κ2) is 8.11. The molecule has 0 radical (unpaired) electrons. The standard InChI is InChI=1S/C14H19N3O2/c1-11-6-5-7-13(12(11)10-15)17-14(18)16-8-3-4-9-19-2/h5-7H,3-4,8-9H2,1-2H3,(H2,16,17,18). The third-order valence-corrected chi connectivity index (χ3v) is 2.69. The lowest BCUT2D eigenvalue weighted by Gasteiger charge is -2.10. The van der Waals surface area contributed by atoms with Gasteiger partial charge in [0, 0.05) is 20.3 Å². The van der Waals surface area contributed by atoms with Gasteiger partial charge >= 0.3 is 6.03 Å². The van der Waals surface area contributed by atoms with Crippen LogP contribution in [0.25, 0.3) is 0 Å². The molecule has 0 spiro atoms. The molecule has 0 aliphatic carbocycles. The Balaban J connectivity index is 2.45. The predicted molar refractivity (Wildman–Crippen MR) is 74.0 cm³/mol. The normalized spacial score (nSPS) is 9.74. The third kappa shape index (κ3) is 4.98. The minimum absolute atomic E-state index is 0.292. The maximum absolute atomic E-state index is 11.7. The van der Waals surface area contributed by atoms with Crippen LogP contribution >= 0.6 is 0 Å². The first-order chi connectivity index (χ1) is 9.19. The number of methoxy groups -OCH3 is 1. The molecule has 0 unspecified atom stereocenters. The van der Waals surface area contributed by atoms with Crippen LogP contribution in [0.2, 0.25) is 0 Å². The molecule has 2 N–H and O–H groups in total. The highest BCUT2D eigenvalue weighted by molar-refractivity contribution is 5.90. The summed E-state index contributed by atoms with van der Waals surface area (Å²) in [5, 5.41) is 14.5. The smallest absolute Gasteiger partial charge is 0.319 e. The Kier molecular flexibility index (Phi) is 6.41. The van der Waals surface area contributed by atoms with Crippen molar-refractivity contribution in [3.05, 3.63) is 29.3 Å². The van der Waals surface area contributed by atoms with Crippen LogP contribution in [-0.4, -0.2) is 26.3 Å². The third-order valence-electron chi connectivity index (χ3n) is 2.69. The molecule has 102 valence electrons. The summed E-state index contributed by atoms with van der Waals surface area (Å²) in [5.41, 5.74) is 1.88. The molecule has 5 nitrogen and oxygen atoms in total. The van der Waals surface area contributed by atoms with Crippen molar-refractivity contribution >= 4 is 11.7 Å². The summed E-state index contributed by atoms with van der Waals surface area (Å²) in [7, 11) is 1.65. The monoisotopic (exact) mass is 261 g/mol. The minimum atomic E-state index is -0.292. The fraction of sp³-hybridized carbons (Fsp3) is 0.429. The number of nitrogens with one attached hydrogen (secondary N) is 2. The molecule has 0 atom stereocenters. The van der Waals surface area contributed by atoms with Crippen LogP contribution in [0, 0.1) is 18.3 Å². The molecule has 0 aliphatic rings. The van der Waals surface area contributed by atoms with Gasteiger partial charge in [-0.1, -0.05) is 12.1 Å². The van der Waals surface area contributed by atoms with Crippen molar-refractivity contribution in [3.63, 3.8) is 0 Å². The van der Waals surface area contributed by atoms with E-state index in [0.29, 0.717) is 24.4 Å². The number of anilines is 1. The molecule has 1 rings (SSSR count). The molecule has 5 heteroatoms. The largest absolute Gasteiger partial charge is 0.385 e. The Labute approximate surface area is 113 Å². The highest BCUT2D eigenvalue weighted by atomic mass is 16.5. The van der Waals surface area contributed by atoms with Crippen LogP contribution < -0.4 is 10.6 Å². The van der Waals surface area contributed by atoms with Crippen molar-refractivity contribution in [2.75, 3.05) is 25.6 Å². The van der Waals surface area contributed by atoms with Crippen LogP contribution in [-0.2, 0) is 4.74 Å². The van der Waals surface area contributed by atoms with Gasteiger partial charge in [-0.05, 0) is 31.4 Å². The zero-order valence-electron chi connectivity index (χ0n) is 11.3. The summed E-state index contributed by atoms with van der Waals surface area (Å²) in [4.78, 5) is 11.7. The van der Waals surface area contributed by atoms with Crippen molar-refractivity contribution in [3.8, 4) is 6.07 Å². The molecule has 1 aromatic rings. The Morgan fingerprint density at radius 3 is 2.89 bits per heavy atom. The Morgan fingerprint density at radius 1 is 1.42 bits per heavy atom. The van der Waals surface area contributed by atoms with E-state index >= 15 is 0 Å². The molecule has 0 aliphatic heterocycles. The molecular formula is C14H19N3O2. The van der Waals surface area contributed by atoms with Crippen molar-refractivity contribution in [1.29, 1.82) is 5.26 Å². The van der Waals surface area contributed by atoms with E-state index in [-0.39, 0.29) is 6.03 Å². The number of hydrogen-bond acceptors (Lipinski definition) is 3. The number of amides is 2. The summed E-state index contributed by atoms with van der Waals surface area (Å²) in [5.74, 6) is 0. The number of rotatable bonds is 6. The van der Waals surface area contributed by atoms with Gasteiger partial charge in [0.1, 0.15) is 6.07 Å². The summed E-state index contributed by atoms with van der Waals surface area (Å²) in [6.45, 7) is 3.12. The fourth-order valence-electron chi connectivity index (χ4n) is 1.66. The second-order valence-electron chi connectivity index (χ2n) is 4.19. The van der Waals surface area contributed by atoms with Crippen LogP contribution in [0.5, 0.6) is 0 Å².